The number of nitrogens with zero attached hydrogens (tertiary/aromatic N) is 2. The fraction of sp³-hybridized carbons (Fsp3) is 0.250. The first-order valence-electron chi connectivity index (χ1n) is 3.73. The molecule has 0 bridgehead atoms. The van der Waals surface area contributed by atoms with Crippen LogP contribution in [-0.4, -0.2) is 4.98 Å². The average Bonchev–Trinajstić information content (AvgIpc) is 2.14. The van der Waals surface area contributed by atoms with Gasteiger partial charge in [-0.05, 0) is 22.6 Å². The van der Waals surface area contributed by atoms with Crippen LogP contribution in [0.4, 0.5) is 22.0 Å². The Morgan fingerprint density at radius 2 is 1.94 bits per heavy atom. The van der Waals surface area contributed by atoms with Gasteiger partial charge in [-0.15, -0.1) is 0 Å². The van der Waals surface area contributed by atoms with Crippen LogP contribution in [0.15, 0.2) is 6.20 Å². The van der Waals surface area contributed by atoms with Crippen LogP contribution in [-0.2, 0) is 6.18 Å². The highest BCUT2D eigenvalue weighted by Gasteiger charge is 2.36. The summed E-state index contributed by atoms with van der Waals surface area (Å²) in [6.07, 6.45) is -7.55. The molecular weight excluding hydrogens is 346 g/mol. The van der Waals surface area contributed by atoms with Gasteiger partial charge in [0.05, 0.1) is 11.1 Å². The van der Waals surface area contributed by atoms with E-state index < -0.39 is 33.0 Å². The lowest BCUT2D eigenvalue weighted by Crippen LogP contribution is -2.12. The summed E-state index contributed by atoms with van der Waals surface area (Å²) in [6, 6.07) is 1.33. The topological polar surface area (TPSA) is 36.7 Å². The third-order valence-corrected chi connectivity index (χ3v) is 2.84. The summed E-state index contributed by atoms with van der Waals surface area (Å²) in [7, 11) is 0. The molecule has 0 amide bonds. The van der Waals surface area contributed by atoms with E-state index in [4.69, 9.17) is 5.26 Å². The normalized spacial score (nSPS) is 11.6. The first-order chi connectivity index (χ1) is 7.29. The number of hydrogen-bond donors (Lipinski definition) is 0. The zero-order chi connectivity index (χ0) is 12.5. The molecule has 1 aromatic heterocycles. The third-order valence-electron chi connectivity index (χ3n) is 1.68. The van der Waals surface area contributed by atoms with Crippen molar-refractivity contribution >= 4 is 22.6 Å². The van der Waals surface area contributed by atoms with Gasteiger partial charge in [0.15, 0.2) is 0 Å². The molecule has 0 aliphatic carbocycles. The van der Waals surface area contributed by atoms with Crippen LogP contribution >= 0.6 is 22.6 Å². The molecule has 2 nitrogen and oxygen atoms in total. The van der Waals surface area contributed by atoms with Gasteiger partial charge in [-0.25, -0.2) is 13.8 Å². The molecule has 0 aliphatic rings. The van der Waals surface area contributed by atoms with Gasteiger partial charge in [-0.1, -0.05) is 0 Å². The SMILES string of the molecule is N#Cc1ncc(C(F)(F)F)c(I)c1C(F)F. The summed E-state index contributed by atoms with van der Waals surface area (Å²) in [5.41, 5.74) is -2.92. The van der Waals surface area contributed by atoms with Crippen molar-refractivity contribution in [3.8, 4) is 6.07 Å². The first-order valence-corrected chi connectivity index (χ1v) is 4.80. The maximum atomic E-state index is 12.5. The van der Waals surface area contributed by atoms with Crippen LogP contribution in [0.2, 0.25) is 0 Å². The second-order valence-electron chi connectivity index (χ2n) is 2.66. The van der Waals surface area contributed by atoms with Crippen LogP contribution in [0.5, 0.6) is 0 Å². The zero-order valence-corrected chi connectivity index (χ0v) is 9.47. The number of nitriles is 1. The van der Waals surface area contributed by atoms with Crippen molar-refractivity contribution in [1.29, 1.82) is 5.26 Å². The van der Waals surface area contributed by atoms with E-state index in [0.717, 1.165) is 22.6 Å². The lowest BCUT2D eigenvalue weighted by Gasteiger charge is -2.12. The highest BCUT2D eigenvalue weighted by molar-refractivity contribution is 14.1. The molecule has 1 heterocycles. The predicted molar refractivity (Wildman–Crippen MR) is 51.6 cm³/mol. The van der Waals surface area contributed by atoms with Crippen LogP contribution in [0.1, 0.15) is 23.2 Å². The minimum Gasteiger partial charge on any atom is -0.244 e. The standard InChI is InChI=1S/C8H2F5IN2/c9-7(10)5-4(1-15)16-2-3(6(5)14)8(11,12)13/h2,7H. The summed E-state index contributed by atoms with van der Waals surface area (Å²) in [5.74, 6) is 0. The highest BCUT2D eigenvalue weighted by Crippen LogP contribution is 2.37. The Kier molecular flexibility index (Phi) is 3.67. The monoisotopic (exact) mass is 348 g/mol. The van der Waals surface area contributed by atoms with Gasteiger partial charge in [0.25, 0.3) is 6.43 Å². The molecule has 0 aromatic carbocycles. The van der Waals surface area contributed by atoms with Crippen molar-refractivity contribution in [2.24, 2.45) is 0 Å². The van der Waals surface area contributed by atoms with Gasteiger partial charge in [0, 0.05) is 9.77 Å². The first kappa shape index (κ1) is 13.1. The second-order valence-corrected chi connectivity index (χ2v) is 3.74. The molecule has 16 heavy (non-hydrogen) atoms. The molecule has 0 unspecified atom stereocenters. The molecule has 0 fully saturated rings. The van der Waals surface area contributed by atoms with Gasteiger partial charge in [-0.2, -0.15) is 18.4 Å². The summed E-state index contributed by atoms with van der Waals surface area (Å²) >= 11 is 1.14. The fourth-order valence-electron chi connectivity index (χ4n) is 0.990. The Hall–Kier alpha value is -0.980. The molecular formula is C8H2F5IN2. The van der Waals surface area contributed by atoms with Crippen molar-refractivity contribution < 1.29 is 22.0 Å². The quantitative estimate of drug-likeness (QED) is 0.575. The predicted octanol–water partition coefficient (Wildman–Crippen LogP) is 3.51. The van der Waals surface area contributed by atoms with Crippen LogP contribution in [0.25, 0.3) is 0 Å². The summed E-state index contributed by atoms with van der Waals surface area (Å²) in [5, 5.41) is 8.46. The Morgan fingerprint density at radius 1 is 1.38 bits per heavy atom. The maximum Gasteiger partial charge on any atom is 0.418 e. The van der Waals surface area contributed by atoms with Gasteiger partial charge >= 0.3 is 6.18 Å². The van der Waals surface area contributed by atoms with Gasteiger partial charge in [-0.3, -0.25) is 0 Å². The molecule has 0 saturated heterocycles. The van der Waals surface area contributed by atoms with Crippen LogP contribution in [0.3, 0.4) is 0 Å². The molecule has 8 heteroatoms. The Bertz CT molecular complexity index is 449. The maximum absolute atomic E-state index is 12.5. The lowest BCUT2D eigenvalue weighted by molar-refractivity contribution is -0.138. The number of pyridine rings is 1. The van der Waals surface area contributed by atoms with Gasteiger partial charge in [0.2, 0.25) is 0 Å². The Balaban J connectivity index is 3.52. The minimum atomic E-state index is -4.76. The van der Waals surface area contributed by atoms with E-state index in [9.17, 15) is 22.0 Å². The molecule has 0 saturated carbocycles. The molecule has 0 aliphatic heterocycles. The van der Waals surface area contributed by atoms with E-state index >= 15 is 0 Å². The summed E-state index contributed by atoms with van der Waals surface area (Å²) in [6.45, 7) is 0. The molecule has 1 rings (SSSR count). The minimum absolute atomic E-state index is 0.381. The highest BCUT2D eigenvalue weighted by atomic mass is 127. The Labute approximate surface area is 100 Å². The van der Waals surface area contributed by atoms with Gasteiger partial charge < -0.3 is 0 Å². The molecule has 0 atom stereocenters. The molecule has 86 valence electrons. The van der Waals surface area contributed by atoms with E-state index in [1.54, 1.807) is 0 Å². The summed E-state index contributed by atoms with van der Waals surface area (Å²) in [4.78, 5) is 3.08. The number of halogens is 6. The van der Waals surface area contributed by atoms with Crippen LogP contribution in [0, 0.1) is 14.9 Å². The van der Waals surface area contributed by atoms with Crippen molar-refractivity contribution in [2.75, 3.05) is 0 Å². The van der Waals surface area contributed by atoms with E-state index in [1.807, 2.05) is 0 Å². The molecule has 1 aromatic rings. The second kappa shape index (κ2) is 4.48. The number of rotatable bonds is 1. The zero-order valence-electron chi connectivity index (χ0n) is 7.32. The number of alkyl halides is 5. The number of hydrogen-bond acceptors (Lipinski definition) is 2. The third kappa shape index (κ3) is 2.40. The summed E-state index contributed by atoms with van der Waals surface area (Å²) < 4.78 is 61.3. The van der Waals surface area contributed by atoms with Crippen molar-refractivity contribution in [2.45, 2.75) is 12.6 Å². The number of aromatic nitrogens is 1. The van der Waals surface area contributed by atoms with Crippen molar-refractivity contribution in [1.82, 2.24) is 4.98 Å². The lowest BCUT2D eigenvalue weighted by atomic mass is 10.1. The Morgan fingerprint density at radius 3 is 2.31 bits per heavy atom. The fourth-order valence-corrected chi connectivity index (χ4v) is 1.93. The molecule has 0 spiro atoms. The molecule has 0 radical (unpaired) electrons. The van der Waals surface area contributed by atoms with E-state index in [2.05, 4.69) is 4.98 Å². The van der Waals surface area contributed by atoms with E-state index in [0.29, 0.717) is 6.20 Å². The van der Waals surface area contributed by atoms with Crippen molar-refractivity contribution in [3.05, 3.63) is 26.6 Å². The van der Waals surface area contributed by atoms with Crippen LogP contribution < -0.4 is 0 Å². The van der Waals surface area contributed by atoms with E-state index in [1.165, 1.54) is 6.07 Å². The largest absolute Gasteiger partial charge is 0.418 e. The molecule has 0 N–H and O–H groups in total. The van der Waals surface area contributed by atoms with E-state index in [-0.39, 0.29) is 0 Å². The average molecular weight is 348 g/mol. The van der Waals surface area contributed by atoms with Gasteiger partial charge in [0.1, 0.15) is 11.8 Å². The van der Waals surface area contributed by atoms with Crippen molar-refractivity contribution in [3.63, 3.8) is 0 Å². The smallest absolute Gasteiger partial charge is 0.244 e.